The van der Waals surface area contributed by atoms with Crippen LogP contribution in [0.4, 0.5) is 5.69 Å². The van der Waals surface area contributed by atoms with Crippen molar-refractivity contribution in [3.8, 4) is 0 Å². The van der Waals surface area contributed by atoms with Crippen LogP contribution in [0, 0.1) is 23.0 Å². The van der Waals surface area contributed by atoms with Gasteiger partial charge in [0.05, 0.1) is 4.92 Å². The zero-order chi connectivity index (χ0) is 12.3. The van der Waals surface area contributed by atoms with Crippen LogP contribution in [-0.4, -0.2) is 14.7 Å². The third-order valence-corrected chi connectivity index (χ3v) is 3.77. The van der Waals surface area contributed by atoms with E-state index < -0.39 is 0 Å². The van der Waals surface area contributed by atoms with Crippen molar-refractivity contribution in [1.82, 2.24) is 4.98 Å². The summed E-state index contributed by atoms with van der Waals surface area (Å²) < 4.78 is 0. The first-order chi connectivity index (χ1) is 7.41. The summed E-state index contributed by atoms with van der Waals surface area (Å²) in [7, 11) is 0. The Morgan fingerprint density at radius 2 is 2.19 bits per heavy atom. The average molecular weight is 287 g/mol. The van der Waals surface area contributed by atoms with Gasteiger partial charge in [-0.3, -0.25) is 15.1 Å². The molecule has 0 saturated carbocycles. The summed E-state index contributed by atoms with van der Waals surface area (Å²) in [6.45, 7) is 5.94. The van der Waals surface area contributed by atoms with E-state index in [-0.39, 0.29) is 15.4 Å². The van der Waals surface area contributed by atoms with Crippen LogP contribution in [0.1, 0.15) is 25.1 Å². The average Bonchev–Trinajstić information content (AvgIpc) is 2.20. The maximum atomic E-state index is 10.9. The smallest absolute Gasteiger partial charge is 0.258 e. The van der Waals surface area contributed by atoms with Gasteiger partial charge in [-0.25, -0.2) is 0 Å². The quantitative estimate of drug-likeness (QED) is 0.485. The molecule has 1 rings (SSSR count). The lowest BCUT2D eigenvalue weighted by Crippen LogP contribution is -2.13. The van der Waals surface area contributed by atoms with Crippen LogP contribution in [0.3, 0.4) is 0 Å². The molecule has 1 aromatic rings. The molecule has 16 heavy (non-hydrogen) atoms. The van der Waals surface area contributed by atoms with Crippen molar-refractivity contribution < 1.29 is 4.92 Å². The SMILES string of the molecule is Cc1cnc(CC(Br)C(C)C)c([N+](=O)[O-])c1. The second kappa shape index (κ2) is 5.39. The lowest BCUT2D eigenvalue weighted by Gasteiger charge is -2.12. The van der Waals surface area contributed by atoms with Crippen LogP contribution in [0.2, 0.25) is 0 Å². The highest BCUT2D eigenvalue weighted by molar-refractivity contribution is 9.09. The topological polar surface area (TPSA) is 56.0 Å². The molecule has 4 nitrogen and oxygen atoms in total. The fourth-order valence-electron chi connectivity index (χ4n) is 1.32. The normalized spacial score (nSPS) is 12.8. The standard InChI is InChI=1S/C11H15BrN2O2/c1-7(2)9(12)5-10-11(14(15)16)4-8(3)6-13-10/h4,6-7,9H,5H2,1-3H3. The number of pyridine rings is 1. The zero-order valence-corrected chi connectivity index (χ0v) is 11.2. The number of aryl methyl sites for hydroxylation is 1. The molecule has 5 heteroatoms. The Labute approximate surface area is 103 Å². The van der Waals surface area contributed by atoms with Crippen molar-refractivity contribution in [2.45, 2.75) is 32.0 Å². The first kappa shape index (κ1) is 13.1. The van der Waals surface area contributed by atoms with Crippen LogP contribution < -0.4 is 0 Å². The van der Waals surface area contributed by atoms with Crippen LogP contribution in [0.15, 0.2) is 12.3 Å². The summed E-state index contributed by atoms with van der Waals surface area (Å²) in [5.74, 6) is 0.419. The van der Waals surface area contributed by atoms with E-state index in [0.29, 0.717) is 18.0 Å². The van der Waals surface area contributed by atoms with E-state index in [4.69, 9.17) is 0 Å². The number of aromatic nitrogens is 1. The molecule has 88 valence electrons. The number of alkyl halides is 1. The maximum Gasteiger partial charge on any atom is 0.291 e. The van der Waals surface area contributed by atoms with Gasteiger partial charge in [-0.1, -0.05) is 29.8 Å². The molecule has 0 amide bonds. The van der Waals surface area contributed by atoms with Gasteiger partial charge in [-0.15, -0.1) is 0 Å². The Bertz CT molecular complexity index is 394. The van der Waals surface area contributed by atoms with Gasteiger partial charge in [0.1, 0.15) is 5.69 Å². The highest BCUT2D eigenvalue weighted by atomic mass is 79.9. The molecule has 0 aliphatic heterocycles. The predicted molar refractivity (Wildman–Crippen MR) is 66.9 cm³/mol. The largest absolute Gasteiger partial charge is 0.291 e. The molecule has 1 atom stereocenters. The molecule has 1 aromatic heterocycles. The van der Waals surface area contributed by atoms with E-state index in [1.165, 1.54) is 0 Å². The molecular formula is C11H15BrN2O2. The Kier molecular flexibility index (Phi) is 4.41. The first-order valence-electron chi connectivity index (χ1n) is 5.15. The van der Waals surface area contributed by atoms with Crippen molar-refractivity contribution in [1.29, 1.82) is 0 Å². The molecule has 0 fully saturated rings. The molecule has 0 saturated heterocycles. The lowest BCUT2D eigenvalue weighted by molar-refractivity contribution is -0.386. The minimum absolute atomic E-state index is 0.116. The minimum atomic E-state index is -0.366. The summed E-state index contributed by atoms with van der Waals surface area (Å²) in [6, 6.07) is 1.57. The molecule has 0 N–H and O–H groups in total. The Balaban J connectivity index is 2.99. The maximum absolute atomic E-state index is 10.9. The third-order valence-electron chi connectivity index (χ3n) is 2.39. The number of rotatable bonds is 4. The summed E-state index contributed by atoms with van der Waals surface area (Å²) in [6.07, 6.45) is 2.25. The minimum Gasteiger partial charge on any atom is -0.258 e. The third kappa shape index (κ3) is 3.27. The fraction of sp³-hybridized carbons (Fsp3) is 0.545. The van der Waals surface area contributed by atoms with Crippen LogP contribution in [-0.2, 0) is 6.42 Å². The van der Waals surface area contributed by atoms with Gasteiger partial charge in [-0.2, -0.15) is 0 Å². The molecule has 0 radical (unpaired) electrons. The molecule has 0 aliphatic rings. The Morgan fingerprint density at radius 3 is 2.69 bits per heavy atom. The van der Waals surface area contributed by atoms with Gasteiger partial charge >= 0.3 is 0 Å². The number of hydrogen-bond donors (Lipinski definition) is 0. The summed E-state index contributed by atoms with van der Waals surface area (Å²) in [4.78, 5) is 14.9. The molecule has 0 spiro atoms. The van der Waals surface area contributed by atoms with Gasteiger partial charge in [-0.05, 0) is 18.4 Å². The van der Waals surface area contributed by atoms with E-state index in [0.717, 1.165) is 5.56 Å². The molecule has 0 aliphatic carbocycles. The Hall–Kier alpha value is -0.970. The summed E-state index contributed by atoms with van der Waals surface area (Å²) in [5.41, 5.74) is 1.47. The van der Waals surface area contributed by atoms with Gasteiger partial charge in [0.2, 0.25) is 0 Å². The summed E-state index contributed by atoms with van der Waals surface area (Å²) in [5, 5.41) is 10.9. The second-order valence-electron chi connectivity index (χ2n) is 4.20. The first-order valence-corrected chi connectivity index (χ1v) is 6.07. The Morgan fingerprint density at radius 1 is 1.56 bits per heavy atom. The highest BCUT2D eigenvalue weighted by Gasteiger charge is 2.19. The molecule has 1 heterocycles. The molecule has 1 unspecified atom stereocenters. The molecule has 0 aromatic carbocycles. The van der Waals surface area contributed by atoms with Crippen molar-refractivity contribution in [3.05, 3.63) is 33.6 Å². The number of nitro groups is 1. The van der Waals surface area contributed by atoms with Gasteiger partial charge in [0.15, 0.2) is 0 Å². The van der Waals surface area contributed by atoms with Crippen LogP contribution in [0.25, 0.3) is 0 Å². The highest BCUT2D eigenvalue weighted by Crippen LogP contribution is 2.23. The molecule has 0 bridgehead atoms. The van der Waals surface area contributed by atoms with Crippen LogP contribution >= 0.6 is 15.9 Å². The van der Waals surface area contributed by atoms with Crippen molar-refractivity contribution in [2.75, 3.05) is 0 Å². The van der Waals surface area contributed by atoms with Crippen LogP contribution in [0.5, 0.6) is 0 Å². The van der Waals surface area contributed by atoms with Gasteiger partial charge in [0, 0.05) is 23.5 Å². The van der Waals surface area contributed by atoms with E-state index in [2.05, 4.69) is 34.8 Å². The number of hydrogen-bond acceptors (Lipinski definition) is 3. The van der Waals surface area contributed by atoms with Gasteiger partial charge < -0.3 is 0 Å². The van der Waals surface area contributed by atoms with E-state index in [1.807, 2.05) is 0 Å². The van der Waals surface area contributed by atoms with Gasteiger partial charge in [0.25, 0.3) is 5.69 Å². The van der Waals surface area contributed by atoms with Crippen molar-refractivity contribution >= 4 is 21.6 Å². The number of nitrogens with zero attached hydrogens (tertiary/aromatic N) is 2. The zero-order valence-electron chi connectivity index (χ0n) is 9.61. The lowest BCUT2D eigenvalue weighted by atomic mass is 10.0. The van der Waals surface area contributed by atoms with E-state index in [9.17, 15) is 10.1 Å². The predicted octanol–water partition coefficient (Wildman–Crippen LogP) is 3.26. The molecular weight excluding hydrogens is 272 g/mol. The monoisotopic (exact) mass is 286 g/mol. The van der Waals surface area contributed by atoms with E-state index >= 15 is 0 Å². The second-order valence-corrected chi connectivity index (χ2v) is 5.38. The van der Waals surface area contributed by atoms with Crippen molar-refractivity contribution in [2.24, 2.45) is 5.92 Å². The van der Waals surface area contributed by atoms with E-state index in [1.54, 1.807) is 19.2 Å². The summed E-state index contributed by atoms with van der Waals surface area (Å²) >= 11 is 3.52. The van der Waals surface area contributed by atoms with Crippen molar-refractivity contribution in [3.63, 3.8) is 0 Å². The number of halogens is 1. The fourth-order valence-corrected chi connectivity index (χ4v) is 1.62.